The lowest BCUT2D eigenvalue weighted by Gasteiger charge is -1.96. The molecule has 0 bridgehead atoms. The van der Waals surface area contributed by atoms with Crippen LogP contribution in [0.15, 0.2) is 23.8 Å². The van der Waals surface area contributed by atoms with Gasteiger partial charge in [-0.2, -0.15) is 5.10 Å². The third-order valence-electron chi connectivity index (χ3n) is 1.41. The number of H-pyrrole nitrogens is 1. The molecule has 2 heterocycles. The highest BCUT2D eigenvalue weighted by Crippen LogP contribution is 2.10. The Morgan fingerprint density at radius 2 is 2.58 bits per heavy atom. The molecule has 0 aliphatic rings. The second-order valence-corrected chi connectivity index (χ2v) is 3.15. The van der Waals surface area contributed by atoms with Gasteiger partial charge in [-0.15, -0.1) is 11.3 Å². The first-order chi connectivity index (χ1) is 5.95. The highest BCUT2D eigenvalue weighted by atomic mass is 32.1. The molecule has 5 heteroatoms. The Morgan fingerprint density at radius 1 is 1.58 bits per heavy atom. The van der Waals surface area contributed by atoms with E-state index in [1.807, 2.05) is 11.4 Å². The second kappa shape index (κ2) is 3.36. The van der Waals surface area contributed by atoms with Crippen LogP contribution in [0.2, 0.25) is 0 Å². The molecule has 0 aliphatic heterocycles. The third-order valence-corrected chi connectivity index (χ3v) is 2.14. The van der Waals surface area contributed by atoms with Gasteiger partial charge in [0.1, 0.15) is 0 Å². The van der Waals surface area contributed by atoms with Gasteiger partial charge in [-0.05, 0) is 6.07 Å². The van der Waals surface area contributed by atoms with Gasteiger partial charge >= 0.3 is 0 Å². The van der Waals surface area contributed by atoms with Crippen LogP contribution in [0.1, 0.15) is 5.69 Å². The monoisotopic (exact) mass is 180 g/mol. The molecule has 0 spiro atoms. The molecule has 0 aliphatic carbocycles. The number of hydrogen-bond acceptors (Lipinski definition) is 4. The summed E-state index contributed by atoms with van der Waals surface area (Å²) in [6.45, 7) is 0.719. The van der Waals surface area contributed by atoms with Crippen LogP contribution < -0.4 is 5.32 Å². The van der Waals surface area contributed by atoms with Crippen molar-refractivity contribution in [2.75, 3.05) is 5.32 Å². The van der Waals surface area contributed by atoms with Gasteiger partial charge in [0.15, 0.2) is 5.13 Å². The van der Waals surface area contributed by atoms with E-state index in [2.05, 4.69) is 20.5 Å². The molecule has 2 N–H and O–H groups in total. The van der Waals surface area contributed by atoms with Crippen molar-refractivity contribution in [2.24, 2.45) is 0 Å². The number of thiazole rings is 1. The van der Waals surface area contributed by atoms with Crippen molar-refractivity contribution in [1.29, 1.82) is 0 Å². The summed E-state index contributed by atoms with van der Waals surface area (Å²) in [5.74, 6) is 0. The lowest BCUT2D eigenvalue weighted by Crippen LogP contribution is -1.98. The molecule has 0 amide bonds. The molecular weight excluding hydrogens is 172 g/mol. The predicted molar refractivity (Wildman–Crippen MR) is 48.0 cm³/mol. The maximum Gasteiger partial charge on any atom is 0.182 e. The van der Waals surface area contributed by atoms with Gasteiger partial charge in [-0.1, -0.05) is 0 Å². The molecule has 0 saturated heterocycles. The zero-order valence-corrected chi connectivity index (χ0v) is 7.14. The molecule has 4 nitrogen and oxygen atoms in total. The Kier molecular flexibility index (Phi) is 2.04. The Bertz CT molecular complexity index is 279. The molecule has 0 fully saturated rings. The SMILES string of the molecule is c1csc(NCc2cc[nH]n2)n1. The van der Waals surface area contributed by atoms with E-state index < -0.39 is 0 Å². The zero-order valence-electron chi connectivity index (χ0n) is 6.32. The summed E-state index contributed by atoms with van der Waals surface area (Å²) >= 11 is 1.58. The first-order valence-electron chi connectivity index (χ1n) is 3.57. The summed E-state index contributed by atoms with van der Waals surface area (Å²) in [6.07, 6.45) is 3.58. The molecular formula is C7H8N4S. The van der Waals surface area contributed by atoms with Crippen LogP contribution in [0.5, 0.6) is 0 Å². The van der Waals surface area contributed by atoms with Gasteiger partial charge < -0.3 is 5.32 Å². The van der Waals surface area contributed by atoms with Crippen molar-refractivity contribution in [3.63, 3.8) is 0 Å². The van der Waals surface area contributed by atoms with Crippen molar-refractivity contribution in [3.05, 3.63) is 29.5 Å². The molecule has 2 rings (SSSR count). The van der Waals surface area contributed by atoms with Crippen molar-refractivity contribution in [2.45, 2.75) is 6.54 Å². The largest absolute Gasteiger partial charge is 0.356 e. The van der Waals surface area contributed by atoms with E-state index in [0.29, 0.717) is 0 Å². The maximum absolute atomic E-state index is 4.09. The third kappa shape index (κ3) is 1.62. The smallest absolute Gasteiger partial charge is 0.182 e. The van der Waals surface area contributed by atoms with Gasteiger partial charge in [0, 0.05) is 17.8 Å². The average molecular weight is 180 g/mol. The van der Waals surface area contributed by atoms with E-state index in [1.165, 1.54) is 0 Å². The fourth-order valence-electron chi connectivity index (χ4n) is 0.866. The van der Waals surface area contributed by atoms with Crippen molar-refractivity contribution in [1.82, 2.24) is 15.2 Å². The Hall–Kier alpha value is -1.36. The second-order valence-electron chi connectivity index (χ2n) is 2.26. The van der Waals surface area contributed by atoms with Gasteiger partial charge in [-0.3, -0.25) is 5.10 Å². The minimum atomic E-state index is 0.719. The van der Waals surface area contributed by atoms with Crippen LogP contribution in [-0.4, -0.2) is 15.2 Å². The lowest BCUT2D eigenvalue weighted by atomic mass is 10.4. The summed E-state index contributed by atoms with van der Waals surface area (Å²) in [5.41, 5.74) is 0.991. The predicted octanol–water partition coefficient (Wildman–Crippen LogP) is 1.48. The molecule has 0 aromatic carbocycles. The van der Waals surface area contributed by atoms with Crippen LogP contribution in [-0.2, 0) is 6.54 Å². The van der Waals surface area contributed by atoms with Crippen LogP contribution in [0.4, 0.5) is 5.13 Å². The Morgan fingerprint density at radius 3 is 3.25 bits per heavy atom. The van der Waals surface area contributed by atoms with Gasteiger partial charge in [-0.25, -0.2) is 4.98 Å². The molecule has 0 atom stereocenters. The van der Waals surface area contributed by atoms with E-state index in [4.69, 9.17) is 0 Å². The van der Waals surface area contributed by atoms with E-state index in [9.17, 15) is 0 Å². The number of aromatic nitrogens is 3. The zero-order chi connectivity index (χ0) is 8.23. The number of aromatic amines is 1. The standard InChI is InChI=1S/C7H8N4S/c1-2-10-11-6(1)5-9-7-8-3-4-12-7/h1-4H,5H2,(H,8,9)(H,10,11). The summed E-state index contributed by atoms with van der Waals surface area (Å²) in [4.78, 5) is 4.09. The van der Waals surface area contributed by atoms with Crippen LogP contribution >= 0.6 is 11.3 Å². The Balaban J connectivity index is 1.91. The fraction of sp³-hybridized carbons (Fsp3) is 0.143. The average Bonchev–Trinajstić information content (AvgIpc) is 2.74. The summed E-state index contributed by atoms with van der Waals surface area (Å²) in [7, 11) is 0. The summed E-state index contributed by atoms with van der Waals surface area (Å²) < 4.78 is 0. The van der Waals surface area contributed by atoms with Gasteiger partial charge in [0.2, 0.25) is 0 Å². The fourth-order valence-corrected chi connectivity index (χ4v) is 1.39. The quantitative estimate of drug-likeness (QED) is 0.752. The Labute approximate surface area is 73.7 Å². The van der Waals surface area contributed by atoms with Crippen LogP contribution in [0, 0.1) is 0 Å². The minimum Gasteiger partial charge on any atom is -0.356 e. The normalized spacial score (nSPS) is 10.0. The minimum absolute atomic E-state index is 0.719. The number of nitrogens with one attached hydrogen (secondary N) is 2. The molecule has 2 aromatic heterocycles. The molecule has 62 valence electrons. The topological polar surface area (TPSA) is 53.6 Å². The first-order valence-corrected chi connectivity index (χ1v) is 4.45. The highest BCUT2D eigenvalue weighted by molar-refractivity contribution is 7.13. The van der Waals surface area contributed by atoms with E-state index in [-0.39, 0.29) is 0 Å². The van der Waals surface area contributed by atoms with Crippen LogP contribution in [0.3, 0.4) is 0 Å². The number of anilines is 1. The van der Waals surface area contributed by atoms with E-state index in [0.717, 1.165) is 17.4 Å². The van der Waals surface area contributed by atoms with E-state index in [1.54, 1.807) is 23.7 Å². The molecule has 2 aromatic rings. The number of hydrogen-bond donors (Lipinski definition) is 2. The molecule has 0 unspecified atom stereocenters. The first kappa shape index (κ1) is 7.30. The number of nitrogens with zero attached hydrogens (tertiary/aromatic N) is 2. The van der Waals surface area contributed by atoms with Crippen molar-refractivity contribution < 1.29 is 0 Å². The van der Waals surface area contributed by atoms with Crippen molar-refractivity contribution >= 4 is 16.5 Å². The summed E-state index contributed by atoms with van der Waals surface area (Å²) in [6, 6.07) is 1.93. The van der Waals surface area contributed by atoms with Gasteiger partial charge in [0.05, 0.1) is 12.2 Å². The van der Waals surface area contributed by atoms with Gasteiger partial charge in [0.25, 0.3) is 0 Å². The number of rotatable bonds is 3. The molecule has 0 radical (unpaired) electrons. The maximum atomic E-state index is 4.09. The summed E-state index contributed by atoms with van der Waals surface area (Å²) in [5, 5.41) is 12.8. The highest BCUT2D eigenvalue weighted by Gasteiger charge is 1.95. The lowest BCUT2D eigenvalue weighted by molar-refractivity contribution is 0.979. The van der Waals surface area contributed by atoms with Crippen molar-refractivity contribution in [3.8, 4) is 0 Å². The van der Waals surface area contributed by atoms with Crippen LogP contribution in [0.25, 0.3) is 0 Å². The van der Waals surface area contributed by atoms with E-state index >= 15 is 0 Å². The molecule has 12 heavy (non-hydrogen) atoms. The molecule has 0 saturated carbocycles.